The lowest BCUT2D eigenvalue weighted by atomic mass is 10.2. The van der Waals surface area contributed by atoms with Gasteiger partial charge in [-0.05, 0) is 30.3 Å². The molecule has 0 fully saturated rings. The van der Waals surface area contributed by atoms with Crippen LogP contribution in [0.25, 0.3) is 11.5 Å². The zero-order chi connectivity index (χ0) is 14.5. The zero-order valence-corrected chi connectivity index (χ0v) is 10.9. The van der Waals surface area contributed by atoms with E-state index in [0.717, 1.165) is 5.56 Å². The summed E-state index contributed by atoms with van der Waals surface area (Å²) < 4.78 is 10.2. The third-order valence-corrected chi connectivity index (χ3v) is 2.73. The van der Waals surface area contributed by atoms with Gasteiger partial charge in [0.05, 0.1) is 12.8 Å². The molecule has 2 heterocycles. The topological polar surface area (TPSA) is 93.2 Å². The van der Waals surface area contributed by atoms with E-state index in [1.807, 2.05) is 6.07 Å². The van der Waals surface area contributed by atoms with E-state index >= 15 is 0 Å². The van der Waals surface area contributed by atoms with Gasteiger partial charge in [0.2, 0.25) is 12.3 Å². The average molecular weight is 284 g/mol. The molecule has 0 aliphatic rings. The van der Waals surface area contributed by atoms with Crippen LogP contribution in [0.5, 0.6) is 0 Å². The minimum Gasteiger partial charge on any atom is -0.467 e. The first-order chi connectivity index (χ1) is 10.3. The molecule has 2 aromatic heterocycles. The number of amides is 2. The van der Waals surface area contributed by atoms with Crippen LogP contribution in [0.15, 0.2) is 57.9 Å². The quantitative estimate of drug-likeness (QED) is 0.768. The molecule has 106 valence electrons. The summed E-state index contributed by atoms with van der Waals surface area (Å²) in [6, 6.07) is 10.4. The van der Waals surface area contributed by atoms with Crippen molar-refractivity contribution in [1.82, 2.24) is 15.5 Å². The highest BCUT2D eigenvalue weighted by Crippen LogP contribution is 2.20. The predicted molar refractivity (Wildman–Crippen MR) is 74.3 cm³/mol. The predicted octanol–water partition coefficient (Wildman–Crippen LogP) is 2.65. The van der Waals surface area contributed by atoms with Crippen LogP contribution in [0.4, 0.5) is 10.5 Å². The number of nitrogens with zero attached hydrogens (tertiary/aromatic N) is 2. The maximum atomic E-state index is 11.8. The minimum absolute atomic E-state index is 0.322. The van der Waals surface area contributed by atoms with E-state index in [0.29, 0.717) is 23.9 Å². The highest BCUT2D eigenvalue weighted by molar-refractivity contribution is 5.89. The second-order valence-corrected chi connectivity index (χ2v) is 4.21. The number of hydrogen-bond acceptors (Lipinski definition) is 5. The van der Waals surface area contributed by atoms with Gasteiger partial charge in [-0.2, -0.15) is 0 Å². The summed E-state index contributed by atoms with van der Waals surface area (Å²) >= 11 is 0. The molecule has 0 spiro atoms. The van der Waals surface area contributed by atoms with E-state index < -0.39 is 0 Å². The Hall–Kier alpha value is -3.09. The summed E-state index contributed by atoms with van der Waals surface area (Å²) in [5, 5.41) is 12.9. The van der Waals surface area contributed by atoms with Gasteiger partial charge in [0.25, 0.3) is 0 Å². The van der Waals surface area contributed by atoms with E-state index in [2.05, 4.69) is 20.8 Å². The maximum Gasteiger partial charge on any atom is 0.319 e. The first-order valence-corrected chi connectivity index (χ1v) is 6.25. The van der Waals surface area contributed by atoms with E-state index in [-0.39, 0.29) is 6.03 Å². The van der Waals surface area contributed by atoms with Crippen molar-refractivity contribution in [2.24, 2.45) is 0 Å². The molecular formula is C14H12N4O3. The van der Waals surface area contributed by atoms with Gasteiger partial charge in [0.15, 0.2) is 0 Å². The first-order valence-electron chi connectivity index (χ1n) is 6.25. The van der Waals surface area contributed by atoms with Gasteiger partial charge in [-0.15, -0.1) is 10.2 Å². The van der Waals surface area contributed by atoms with Gasteiger partial charge in [-0.1, -0.05) is 6.07 Å². The number of carbonyl (C=O) groups is 1. The van der Waals surface area contributed by atoms with Gasteiger partial charge in [-0.3, -0.25) is 0 Å². The zero-order valence-electron chi connectivity index (χ0n) is 10.9. The number of rotatable bonds is 4. The fraction of sp³-hybridized carbons (Fsp3) is 0.0714. The van der Waals surface area contributed by atoms with Crippen molar-refractivity contribution in [3.8, 4) is 11.5 Å². The second-order valence-electron chi connectivity index (χ2n) is 4.21. The lowest BCUT2D eigenvalue weighted by molar-refractivity contribution is 0.251. The van der Waals surface area contributed by atoms with Gasteiger partial charge >= 0.3 is 6.03 Å². The molecular weight excluding hydrogens is 272 g/mol. The van der Waals surface area contributed by atoms with E-state index in [1.165, 1.54) is 6.39 Å². The smallest absolute Gasteiger partial charge is 0.319 e. The highest BCUT2D eigenvalue weighted by atomic mass is 16.4. The van der Waals surface area contributed by atoms with Gasteiger partial charge in [0.1, 0.15) is 5.76 Å². The van der Waals surface area contributed by atoms with Gasteiger partial charge in [-0.25, -0.2) is 4.79 Å². The number of anilines is 1. The van der Waals surface area contributed by atoms with E-state index in [9.17, 15) is 4.79 Å². The molecule has 0 aliphatic carbocycles. The number of nitrogens with one attached hydrogen (secondary N) is 2. The highest BCUT2D eigenvalue weighted by Gasteiger charge is 2.07. The molecule has 0 saturated carbocycles. The fourth-order valence-electron chi connectivity index (χ4n) is 1.78. The van der Waals surface area contributed by atoms with Crippen LogP contribution in [0.2, 0.25) is 0 Å². The molecule has 0 aliphatic heterocycles. The number of aromatic nitrogens is 2. The molecule has 7 nitrogen and oxygen atoms in total. The minimum atomic E-state index is -0.325. The molecule has 1 aromatic carbocycles. The Morgan fingerprint density at radius 3 is 2.90 bits per heavy atom. The molecule has 2 N–H and O–H groups in total. The Labute approximate surface area is 120 Å². The van der Waals surface area contributed by atoms with Crippen molar-refractivity contribution >= 4 is 11.7 Å². The summed E-state index contributed by atoms with van der Waals surface area (Å²) in [4.78, 5) is 11.8. The van der Waals surface area contributed by atoms with E-state index in [1.54, 1.807) is 36.6 Å². The van der Waals surface area contributed by atoms with Crippen LogP contribution in [0, 0.1) is 0 Å². The SMILES string of the molecule is O=C(NCc1ccco1)Nc1cccc(-c2nnco2)c1. The second kappa shape index (κ2) is 5.91. The summed E-state index contributed by atoms with van der Waals surface area (Å²) in [5.74, 6) is 1.08. The Morgan fingerprint density at radius 1 is 1.19 bits per heavy atom. The van der Waals surface area contributed by atoms with Crippen molar-refractivity contribution in [2.75, 3.05) is 5.32 Å². The molecule has 0 unspecified atom stereocenters. The Kier molecular flexibility index (Phi) is 3.64. The molecule has 3 aromatic rings. The molecule has 3 rings (SSSR count). The lowest BCUT2D eigenvalue weighted by Crippen LogP contribution is -2.27. The molecule has 7 heteroatoms. The van der Waals surface area contributed by atoms with E-state index in [4.69, 9.17) is 8.83 Å². The lowest BCUT2D eigenvalue weighted by Gasteiger charge is -2.07. The summed E-state index contributed by atoms with van der Waals surface area (Å²) in [6.45, 7) is 0.322. The van der Waals surface area contributed by atoms with Gasteiger partial charge < -0.3 is 19.5 Å². The fourth-order valence-corrected chi connectivity index (χ4v) is 1.78. The van der Waals surface area contributed by atoms with Crippen LogP contribution < -0.4 is 10.6 Å². The Bertz CT molecular complexity index is 708. The number of furan rings is 1. The monoisotopic (exact) mass is 284 g/mol. The van der Waals surface area contributed by atoms with Crippen LogP contribution in [-0.4, -0.2) is 16.2 Å². The van der Waals surface area contributed by atoms with Crippen molar-refractivity contribution in [3.05, 3.63) is 54.8 Å². The normalized spacial score (nSPS) is 10.3. The first kappa shape index (κ1) is 12.9. The Balaban J connectivity index is 1.62. The van der Waals surface area contributed by atoms with Crippen LogP contribution >= 0.6 is 0 Å². The number of carbonyl (C=O) groups excluding carboxylic acids is 1. The third kappa shape index (κ3) is 3.27. The van der Waals surface area contributed by atoms with Crippen LogP contribution in [-0.2, 0) is 6.54 Å². The molecule has 0 saturated heterocycles. The molecule has 21 heavy (non-hydrogen) atoms. The molecule has 0 radical (unpaired) electrons. The maximum absolute atomic E-state index is 11.8. The molecule has 0 bridgehead atoms. The van der Waals surface area contributed by atoms with Crippen LogP contribution in [0.1, 0.15) is 5.76 Å². The van der Waals surface area contributed by atoms with Crippen molar-refractivity contribution in [2.45, 2.75) is 6.54 Å². The summed E-state index contributed by atoms with van der Waals surface area (Å²) in [6.07, 6.45) is 2.81. The van der Waals surface area contributed by atoms with Crippen LogP contribution in [0.3, 0.4) is 0 Å². The van der Waals surface area contributed by atoms with Crippen molar-refractivity contribution in [1.29, 1.82) is 0 Å². The standard InChI is InChI=1S/C14H12N4O3/c19-14(15-8-12-5-2-6-20-12)17-11-4-1-3-10(7-11)13-18-16-9-21-13/h1-7,9H,8H2,(H2,15,17,19). The number of urea groups is 1. The summed E-state index contributed by atoms with van der Waals surface area (Å²) in [5.41, 5.74) is 1.36. The molecule has 2 amide bonds. The van der Waals surface area contributed by atoms with Gasteiger partial charge in [0, 0.05) is 11.3 Å². The van der Waals surface area contributed by atoms with Crippen molar-refractivity contribution in [3.63, 3.8) is 0 Å². The Morgan fingerprint density at radius 2 is 2.14 bits per heavy atom. The number of hydrogen-bond donors (Lipinski definition) is 2. The summed E-state index contributed by atoms with van der Waals surface area (Å²) in [7, 11) is 0. The average Bonchev–Trinajstić information content (AvgIpc) is 3.19. The largest absolute Gasteiger partial charge is 0.467 e. The number of benzene rings is 1. The van der Waals surface area contributed by atoms with Crippen molar-refractivity contribution < 1.29 is 13.6 Å². The molecule has 0 atom stereocenters. The third-order valence-electron chi connectivity index (χ3n) is 2.73.